The van der Waals surface area contributed by atoms with Gasteiger partial charge in [-0.25, -0.2) is 4.57 Å². The highest BCUT2D eigenvalue weighted by Gasteiger charge is 2.50. The molecule has 29 heavy (non-hydrogen) atoms. The maximum absolute atomic E-state index is 13.2. The molecule has 5 aliphatic rings. The molecule has 0 amide bonds. The van der Waals surface area contributed by atoms with Gasteiger partial charge in [-0.2, -0.15) is 0 Å². The fraction of sp³-hybridized carbons (Fsp3) is 0. The molecule has 3 aromatic rings. The van der Waals surface area contributed by atoms with Crippen molar-refractivity contribution in [2.75, 3.05) is 0 Å². The first-order valence-corrected chi connectivity index (χ1v) is 10.6. The van der Waals surface area contributed by atoms with Crippen LogP contribution < -0.4 is 28.1 Å². The van der Waals surface area contributed by atoms with E-state index in [4.69, 9.17) is 27.1 Å². The van der Waals surface area contributed by atoms with E-state index in [1.54, 1.807) is 30.3 Å². The van der Waals surface area contributed by atoms with Crippen molar-refractivity contribution < 1.29 is 49.4 Å². The Morgan fingerprint density at radius 1 is 0.828 bits per heavy atom. The van der Waals surface area contributed by atoms with Crippen LogP contribution in [0.1, 0.15) is 0 Å². The zero-order chi connectivity index (χ0) is 20.0. The van der Waals surface area contributed by atoms with E-state index in [1.807, 2.05) is 0 Å². The lowest BCUT2D eigenvalue weighted by atomic mass is 10.1. The second-order valence-corrected chi connectivity index (χ2v) is 8.43. The number of fused-ring (bicyclic) bond motifs is 2. The van der Waals surface area contributed by atoms with Crippen LogP contribution in [0.25, 0.3) is 22.3 Å². The Bertz CT molecular complexity index is 1440. The lowest BCUT2D eigenvalue weighted by molar-refractivity contribution is -0.201. The van der Waals surface area contributed by atoms with Crippen molar-refractivity contribution in [3.8, 4) is 40.1 Å². The molecular weight excluding hydrogens is 435 g/mol. The first-order chi connectivity index (χ1) is 13.9. The van der Waals surface area contributed by atoms with Crippen LogP contribution in [0.5, 0.6) is 28.7 Å². The van der Waals surface area contributed by atoms with Crippen LogP contribution in [0, 0.1) is 0 Å². The van der Waals surface area contributed by atoms with Gasteiger partial charge in [0.25, 0.3) is 5.75 Å². The Labute approximate surface area is 159 Å². The summed E-state index contributed by atoms with van der Waals surface area (Å²) in [4.78, 5) is 22.9. The highest BCUT2D eigenvalue weighted by atomic mass is 32.3. The Hall–Kier alpha value is -3.25. The summed E-state index contributed by atoms with van der Waals surface area (Å²) >= 11 is 0. The van der Waals surface area contributed by atoms with Gasteiger partial charge in [0.15, 0.2) is 11.3 Å². The number of rotatable bonds is 1. The molecule has 1 aromatic heterocycles. The maximum atomic E-state index is 13.2. The lowest BCUT2D eigenvalue weighted by Crippen LogP contribution is -2.27. The number of hydrogen-bond donors (Lipinski definition) is 0. The third-order valence-electron chi connectivity index (χ3n) is 4.16. The molecule has 0 fully saturated rings. The predicted octanol–water partition coefficient (Wildman–Crippen LogP) is 2.61. The Balaban J connectivity index is 1.86. The molecule has 1 unspecified atom stereocenters. The summed E-state index contributed by atoms with van der Waals surface area (Å²) in [7, 11) is -9.26. The third-order valence-corrected chi connectivity index (χ3v) is 5.82. The molecule has 8 rings (SSSR count). The highest BCUT2D eigenvalue weighted by molar-refractivity contribution is 7.82. The van der Waals surface area contributed by atoms with Gasteiger partial charge in [-0.1, -0.05) is 39.7 Å². The topological polar surface area (TPSA) is 146 Å². The monoisotopic (exact) mass is 440 g/mol. The van der Waals surface area contributed by atoms with E-state index >= 15 is 0 Å². The van der Waals surface area contributed by atoms with Gasteiger partial charge in [-0.3, -0.25) is 4.79 Å². The average Bonchev–Trinajstić information content (AvgIpc) is 2.68. The van der Waals surface area contributed by atoms with Crippen LogP contribution in [0.3, 0.4) is 0 Å². The van der Waals surface area contributed by atoms with Crippen molar-refractivity contribution in [3.63, 3.8) is 0 Å². The molecule has 0 N–H and O–H groups in total. The van der Waals surface area contributed by atoms with Gasteiger partial charge < -0.3 is 27.1 Å². The second-order valence-electron chi connectivity index (χ2n) is 5.91. The van der Waals surface area contributed by atoms with Crippen molar-refractivity contribution in [2.45, 2.75) is 0 Å². The molecular formula is C15H5O12PS. The standard InChI is InChI=1S/C15H5O12PS/c16-8-7-10-14-13-15(11(7)21-26-28(17,23-14)27-22-13)25-29(18,19)24-12(8)9(20-10)6-4-2-1-3-5-6/h1-5H. The molecule has 1 atom stereocenters. The normalized spacial score (nSPS) is 22.5. The molecule has 2 aromatic carbocycles. The molecule has 0 aliphatic carbocycles. The Morgan fingerprint density at radius 3 is 2.28 bits per heavy atom. The van der Waals surface area contributed by atoms with Crippen molar-refractivity contribution in [2.24, 2.45) is 0 Å². The molecule has 14 heteroatoms. The van der Waals surface area contributed by atoms with Crippen LogP contribution in [0.15, 0.2) is 39.5 Å². The number of hydrogen-bond acceptors (Lipinski definition) is 12. The predicted molar refractivity (Wildman–Crippen MR) is 89.8 cm³/mol. The molecule has 5 aliphatic heterocycles. The molecule has 148 valence electrons. The molecule has 0 saturated heterocycles. The maximum Gasteiger partial charge on any atom is 0.604 e. The smallest absolute Gasteiger partial charge is 0.448 e. The van der Waals surface area contributed by atoms with E-state index in [0.717, 1.165) is 0 Å². The average molecular weight is 440 g/mol. The quantitative estimate of drug-likeness (QED) is 0.405. The Kier molecular flexibility index (Phi) is 3.00. The number of benzene rings is 2. The van der Waals surface area contributed by atoms with Crippen LogP contribution in [-0.4, -0.2) is 8.42 Å². The second kappa shape index (κ2) is 5.21. The van der Waals surface area contributed by atoms with Gasteiger partial charge in [0.05, 0.1) is 0 Å². The van der Waals surface area contributed by atoms with E-state index in [2.05, 4.69) is 9.35 Å². The lowest BCUT2D eigenvalue weighted by Gasteiger charge is -2.29. The van der Waals surface area contributed by atoms with Crippen LogP contribution in [0.4, 0.5) is 0 Å². The minimum atomic E-state index is -4.86. The van der Waals surface area contributed by atoms with Crippen molar-refractivity contribution in [3.05, 3.63) is 40.6 Å². The summed E-state index contributed by atoms with van der Waals surface area (Å²) in [5, 5.41) is -0.333. The highest BCUT2D eigenvalue weighted by Crippen LogP contribution is 2.65. The molecule has 7 bridgehead atoms. The molecule has 12 nitrogen and oxygen atoms in total. The fourth-order valence-corrected chi connectivity index (χ4v) is 4.57. The number of phosphoric acid groups is 1. The van der Waals surface area contributed by atoms with E-state index in [1.165, 1.54) is 0 Å². The van der Waals surface area contributed by atoms with Gasteiger partial charge >= 0.3 is 18.2 Å². The van der Waals surface area contributed by atoms with E-state index < -0.39 is 52.4 Å². The summed E-state index contributed by atoms with van der Waals surface area (Å²) in [5.74, 6) is -3.04. The van der Waals surface area contributed by atoms with Crippen LogP contribution in [-0.2, 0) is 24.3 Å². The zero-order valence-corrected chi connectivity index (χ0v) is 15.4. The Morgan fingerprint density at radius 2 is 1.52 bits per heavy atom. The van der Waals surface area contributed by atoms with E-state index in [-0.39, 0.29) is 16.7 Å². The molecule has 6 heterocycles. The van der Waals surface area contributed by atoms with Crippen molar-refractivity contribution >= 4 is 29.2 Å². The van der Waals surface area contributed by atoms with Gasteiger partial charge in [0, 0.05) is 5.56 Å². The van der Waals surface area contributed by atoms with Gasteiger partial charge in [0.1, 0.15) is 5.39 Å². The van der Waals surface area contributed by atoms with E-state index in [0.29, 0.717) is 5.56 Å². The third kappa shape index (κ3) is 2.23. The summed E-state index contributed by atoms with van der Waals surface area (Å²) in [6.07, 6.45) is 0. The van der Waals surface area contributed by atoms with E-state index in [9.17, 15) is 17.8 Å². The fourth-order valence-electron chi connectivity index (χ4n) is 3.02. The summed E-state index contributed by atoms with van der Waals surface area (Å²) in [5.41, 5.74) is -0.877. The molecule has 0 spiro atoms. The van der Waals surface area contributed by atoms with Gasteiger partial charge in [-0.15, -0.1) is 8.42 Å². The minimum absolute atomic E-state index is 0.246. The van der Waals surface area contributed by atoms with Crippen molar-refractivity contribution in [1.29, 1.82) is 0 Å². The zero-order valence-electron chi connectivity index (χ0n) is 13.6. The van der Waals surface area contributed by atoms with Crippen molar-refractivity contribution in [1.82, 2.24) is 0 Å². The first kappa shape index (κ1) is 16.7. The SMILES string of the molecule is O=c1c2c(-c3ccccc3)oc3c4c5c(c(c13)OOP(=O)(OO5)O4)OS(=O)(=O)O2. The van der Waals surface area contributed by atoms with Crippen LogP contribution >= 0.6 is 7.82 Å². The summed E-state index contributed by atoms with van der Waals surface area (Å²) in [6, 6.07) is 8.06. The largest absolute Gasteiger partial charge is 0.604 e. The summed E-state index contributed by atoms with van der Waals surface area (Å²) < 4.78 is 66.9. The molecule has 0 saturated carbocycles. The summed E-state index contributed by atoms with van der Waals surface area (Å²) in [6.45, 7) is 0. The van der Waals surface area contributed by atoms with Crippen LogP contribution in [0.2, 0.25) is 0 Å². The van der Waals surface area contributed by atoms with Gasteiger partial charge in [-0.05, 0) is 0 Å². The first-order valence-electron chi connectivity index (χ1n) is 7.77. The van der Waals surface area contributed by atoms with Gasteiger partial charge in [0.2, 0.25) is 28.4 Å². The molecule has 0 radical (unpaired) electrons. The minimum Gasteiger partial charge on any atom is -0.448 e.